The number of fused-ring (bicyclic) bond motifs is 1. The third-order valence-corrected chi connectivity index (χ3v) is 6.52. The maximum absolute atomic E-state index is 12.5. The van der Waals surface area contributed by atoms with Crippen LogP contribution in [-0.4, -0.2) is 25.5 Å². The lowest BCUT2D eigenvalue weighted by atomic mass is 10.0. The molecule has 1 N–H and O–H groups in total. The second-order valence-corrected chi connectivity index (χ2v) is 9.47. The number of hydrogen-bond donors (Lipinski definition) is 1. The number of thiazole rings is 1. The molecule has 0 atom stereocenters. The van der Waals surface area contributed by atoms with Gasteiger partial charge in [-0.15, -0.1) is 16.4 Å². The van der Waals surface area contributed by atoms with Gasteiger partial charge in [-0.1, -0.05) is 61.8 Å². The van der Waals surface area contributed by atoms with Gasteiger partial charge < -0.3 is 4.42 Å². The van der Waals surface area contributed by atoms with Crippen LogP contribution < -0.4 is 5.32 Å². The van der Waals surface area contributed by atoms with Gasteiger partial charge in [0.2, 0.25) is 16.8 Å². The molecule has 0 saturated carbocycles. The predicted octanol–water partition coefficient (Wildman–Crippen LogP) is 6.46. The molecule has 2 aromatic carbocycles. The van der Waals surface area contributed by atoms with Gasteiger partial charge in [-0.05, 0) is 23.6 Å². The second kappa shape index (κ2) is 9.40. The summed E-state index contributed by atoms with van der Waals surface area (Å²) in [7, 11) is 0. The summed E-state index contributed by atoms with van der Waals surface area (Å²) < 4.78 is 7.56. The van der Waals surface area contributed by atoms with Crippen LogP contribution in [-0.2, 0) is 11.2 Å². The van der Waals surface area contributed by atoms with Crippen LogP contribution >= 0.6 is 22.9 Å². The molecule has 34 heavy (non-hydrogen) atoms. The standard InChI is InChI=1S/C25H22ClN5O2S/c1-15(2)16-3-5-18(6-4-16)21-13-27-23(33-21)12-11-22(32)28-24-29-25-31(30-24)20(14-34-25)17-7-9-19(26)10-8-17/h3-10,13-15H,11-12H2,1-2H3,(H,28,30,32). The lowest BCUT2D eigenvalue weighted by Crippen LogP contribution is -2.13. The Morgan fingerprint density at radius 2 is 1.85 bits per heavy atom. The summed E-state index contributed by atoms with van der Waals surface area (Å²) in [5.41, 5.74) is 4.09. The van der Waals surface area contributed by atoms with Gasteiger partial charge >= 0.3 is 0 Å². The minimum atomic E-state index is -0.202. The third-order valence-electron chi connectivity index (χ3n) is 5.45. The van der Waals surface area contributed by atoms with Crippen LogP contribution in [0, 0.1) is 0 Å². The zero-order chi connectivity index (χ0) is 23.7. The van der Waals surface area contributed by atoms with Crippen molar-refractivity contribution < 1.29 is 9.21 Å². The van der Waals surface area contributed by atoms with Crippen molar-refractivity contribution in [2.45, 2.75) is 32.6 Å². The van der Waals surface area contributed by atoms with Gasteiger partial charge in [-0.3, -0.25) is 10.1 Å². The molecule has 0 saturated heterocycles. The molecule has 5 rings (SSSR count). The van der Waals surface area contributed by atoms with Crippen LogP contribution in [0.3, 0.4) is 0 Å². The Labute approximate surface area is 205 Å². The molecule has 3 heterocycles. The van der Waals surface area contributed by atoms with Crippen molar-refractivity contribution in [1.82, 2.24) is 19.6 Å². The van der Waals surface area contributed by atoms with E-state index in [0.29, 0.717) is 34.0 Å². The summed E-state index contributed by atoms with van der Waals surface area (Å²) in [5, 5.41) is 9.85. The summed E-state index contributed by atoms with van der Waals surface area (Å²) in [5.74, 6) is 1.75. The smallest absolute Gasteiger partial charge is 0.250 e. The molecular weight excluding hydrogens is 470 g/mol. The average molecular weight is 492 g/mol. The highest BCUT2D eigenvalue weighted by Crippen LogP contribution is 2.27. The van der Waals surface area contributed by atoms with Gasteiger partial charge in [0.05, 0.1) is 11.9 Å². The Kier molecular flexibility index (Phi) is 6.17. The SMILES string of the molecule is CC(C)c1ccc(-c2cnc(CCC(=O)Nc3nc4scc(-c5ccc(Cl)cc5)n4n3)o2)cc1. The fourth-order valence-electron chi connectivity index (χ4n) is 3.55. The number of carbonyl (C=O) groups excluding carboxylic acids is 1. The number of carbonyl (C=O) groups is 1. The van der Waals surface area contributed by atoms with Crippen molar-refractivity contribution >= 4 is 39.8 Å². The van der Waals surface area contributed by atoms with E-state index >= 15 is 0 Å². The van der Waals surface area contributed by atoms with Gasteiger partial charge in [0.1, 0.15) is 0 Å². The number of hydrogen-bond acceptors (Lipinski definition) is 6. The number of aromatic nitrogens is 4. The number of halogens is 1. The number of oxazole rings is 1. The minimum absolute atomic E-state index is 0.202. The number of benzene rings is 2. The highest BCUT2D eigenvalue weighted by atomic mass is 35.5. The van der Waals surface area contributed by atoms with Gasteiger partial charge in [-0.2, -0.15) is 4.98 Å². The molecule has 3 aromatic heterocycles. The fraction of sp³-hybridized carbons (Fsp3) is 0.200. The molecular formula is C25H22ClN5O2S. The molecule has 5 aromatic rings. The van der Waals surface area contributed by atoms with Crippen LogP contribution in [0.15, 0.2) is 64.5 Å². The molecule has 0 aliphatic carbocycles. The molecule has 1 amide bonds. The Hall–Kier alpha value is -3.49. The van der Waals surface area contributed by atoms with Gasteiger partial charge in [-0.25, -0.2) is 9.50 Å². The summed E-state index contributed by atoms with van der Waals surface area (Å²) in [4.78, 5) is 21.9. The van der Waals surface area contributed by atoms with Crippen molar-refractivity contribution in [3.8, 4) is 22.6 Å². The molecule has 172 valence electrons. The van der Waals surface area contributed by atoms with E-state index in [1.54, 1.807) is 10.7 Å². The normalized spacial score (nSPS) is 11.4. The molecule has 0 fully saturated rings. The number of nitrogens with zero attached hydrogens (tertiary/aromatic N) is 4. The lowest BCUT2D eigenvalue weighted by Gasteiger charge is -2.05. The Balaban J connectivity index is 1.21. The zero-order valence-corrected chi connectivity index (χ0v) is 20.2. The quantitative estimate of drug-likeness (QED) is 0.282. The highest BCUT2D eigenvalue weighted by molar-refractivity contribution is 7.15. The van der Waals surface area contributed by atoms with Crippen LogP contribution in [0.1, 0.15) is 37.6 Å². The first kappa shape index (κ1) is 22.3. The number of nitrogens with one attached hydrogen (secondary N) is 1. The second-order valence-electron chi connectivity index (χ2n) is 8.20. The summed E-state index contributed by atoms with van der Waals surface area (Å²) in [6.45, 7) is 4.32. The van der Waals surface area contributed by atoms with E-state index in [9.17, 15) is 4.79 Å². The van der Waals surface area contributed by atoms with E-state index in [1.165, 1.54) is 16.9 Å². The average Bonchev–Trinajstić information content (AvgIpc) is 3.55. The van der Waals surface area contributed by atoms with Gasteiger partial charge in [0.15, 0.2) is 11.7 Å². The number of amides is 1. The van der Waals surface area contributed by atoms with E-state index in [1.807, 2.05) is 41.8 Å². The topological polar surface area (TPSA) is 85.3 Å². The summed E-state index contributed by atoms with van der Waals surface area (Å²) in [6.07, 6.45) is 2.29. The first-order valence-electron chi connectivity index (χ1n) is 10.9. The van der Waals surface area contributed by atoms with Crippen molar-refractivity contribution in [2.75, 3.05) is 5.32 Å². The van der Waals surface area contributed by atoms with E-state index in [-0.39, 0.29) is 18.3 Å². The summed E-state index contributed by atoms with van der Waals surface area (Å²) in [6, 6.07) is 15.7. The van der Waals surface area contributed by atoms with Gasteiger partial charge in [0.25, 0.3) is 0 Å². The largest absolute Gasteiger partial charge is 0.441 e. The Morgan fingerprint density at radius 1 is 1.12 bits per heavy atom. The first-order valence-corrected chi connectivity index (χ1v) is 12.2. The predicted molar refractivity (Wildman–Crippen MR) is 134 cm³/mol. The van der Waals surface area contributed by atoms with Crippen LogP contribution in [0.2, 0.25) is 5.02 Å². The van der Waals surface area contributed by atoms with Crippen LogP contribution in [0.5, 0.6) is 0 Å². The van der Waals surface area contributed by atoms with E-state index in [2.05, 4.69) is 46.4 Å². The molecule has 0 aliphatic heterocycles. The van der Waals surface area contributed by atoms with Gasteiger partial charge in [0, 0.05) is 34.4 Å². The van der Waals surface area contributed by atoms with Crippen molar-refractivity contribution in [1.29, 1.82) is 0 Å². The van der Waals surface area contributed by atoms with Crippen LogP contribution in [0.25, 0.3) is 27.5 Å². The minimum Gasteiger partial charge on any atom is -0.441 e. The molecule has 7 nitrogen and oxygen atoms in total. The van der Waals surface area contributed by atoms with Crippen molar-refractivity contribution in [2.24, 2.45) is 0 Å². The molecule has 9 heteroatoms. The third kappa shape index (κ3) is 4.73. The lowest BCUT2D eigenvalue weighted by molar-refractivity contribution is -0.116. The van der Waals surface area contributed by atoms with Crippen molar-refractivity contribution in [3.05, 3.63) is 76.6 Å². The zero-order valence-electron chi connectivity index (χ0n) is 18.7. The molecule has 0 unspecified atom stereocenters. The summed E-state index contributed by atoms with van der Waals surface area (Å²) >= 11 is 7.44. The molecule has 0 radical (unpaired) electrons. The Morgan fingerprint density at radius 3 is 2.59 bits per heavy atom. The number of rotatable bonds is 7. The number of aryl methyl sites for hydroxylation is 1. The highest BCUT2D eigenvalue weighted by Gasteiger charge is 2.15. The van der Waals surface area contributed by atoms with E-state index in [4.69, 9.17) is 16.0 Å². The van der Waals surface area contributed by atoms with E-state index in [0.717, 1.165) is 16.8 Å². The molecule has 0 spiro atoms. The fourth-order valence-corrected chi connectivity index (χ4v) is 4.51. The van der Waals surface area contributed by atoms with E-state index < -0.39 is 0 Å². The monoisotopic (exact) mass is 491 g/mol. The number of anilines is 1. The van der Waals surface area contributed by atoms with Crippen molar-refractivity contribution in [3.63, 3.8) is 0 Å². The molecule has 0 aliphatic rings. The van der Waals surface area contributed by atoms with Crippen LogP contribution in [0.4, 0.5) is 5.95 Å². The maximum atomic E-state index is 12.5. The maximum Gasteiger partial charge on any atom is 0.250 e. The Bertz CT molecular complexity index is 1430. The first-order chi connectivity index (χ1) is 16.5. The molecule has 0 bridgehead atoms.